The molecule has 3 heteroatoms. The molecule has 0 radical (unpaired) electrons. The molecule has 0 aromatic heterocycles. The van der Waals surface area contributed by atoms with Crippen LogP contribution in [0.4, 0.5) is 0 Å². The third-order valence-electron chi connectivity index (χ3n) is 2.88. The molecule has 96 valence electrons. The Balaban J connectivity index is 2.77. The zero-order chi connectivity index (χ0) is 12.7. The van der Waals surface area contributed by atoms with E-state index in [0.717, 1.165) is 28.6 Å². The second kappa shape index (κ2) is 7.97. The van der Waals surface area contributed by atoms with Crippen molar-refractivity contribution in [1.29, 1.82) is 0 Å². The van der Waals surface area contributed by atoms with Crippen LogP contribution >= 0.6 is 23.2 Å². The molecule has 0 saturated carbocycles. The van der Waals surface area contributed by atoms with E-state index in [1.165, 1.54) is 19.3 Å². The number of benzene rings is 1. The van der Waals surface area contributed by atoms with E-state index in [-0.39, 0.29) is 0 Å². The standard InChI is InChI=1S/C14H21Cl2N/c1-3-5-6-7-14(17-4-2)12-10-11(15)8-9-13(12)16/h8-10,14,17H,3-7H2,1-2H3. The molecule has 0 aliphatic heterocycles. The smallest absolute Gasteiger partial charge is 0.0454 e. The molecule has 1 atom stereocenters. The molecule has 1 aromatic carbocycles. The number of hydrogen-bond donors (Lipinski definition) is 1. The summed E-state index contributed by atoms with van der Waals surface area (Å²) < 4.78 is 0. The van der Waals surface area contributed by atoms with Crippen LogP contribution in [0.1, 0.15) is 51.1 Å². The lowest BCUT2D eigenvalue weighted by atomic mass is 10.0. The molecule has 17 heavy (non-hydrogen) atoms. The molecular formula is C14H21Cl2N. The normalized spacial score (nSPS) is 12.7. The van der Waals surface area contributed by atoms with Gasteiger partial charge in [0.1, 0.15) is 0 Å². The average molecular weight is 274 g/mol. The van der Waals surface area contributed by atoms with Crippen LogP contribution in [-0.4, -0.2) is 6.54 Å². The molecule has 0 bridgehead atoms. The minimum Gasteiger partial charge on any atom is -0.310 e. The molecule has 1 unspecified atom stereocenters. The maximum atomic E-state index is 6.24. The van der Waals surface area contributed by atoms with E-state index in [1.54, 1.807) is 0 Å². The van der Waals surface area contributed by atoms with E-state index >= 15 is 0 Å². The fourth-order valence-corrected chi connectivity index (χ4v) is 2.42. The fraction of sp³-hybridized carbons (Fsp3) is 0.571. The average Bonchev–Trinajstić information content (AvgIpc) is 2.32. The van der Waals surface area contributed by atoms with Crippen molar-refractivity contribution in [2.75, 3.05) is 6.54 Å². The summed E-state index contributed by atoms with van der Waals surface area (Å²) in [6.45, 7) is 5.28. The number of nitrogens with one attached hydrogen (secondary N) is 1. The highest BCUT2D eigenvalue weighted by Gasteiger charge is 2.13. The maximum absolute atomic E-state index is 6.24. The summed E-state index contributed by atoms with van der Waals surface area (Å²) in [6.07, 6.45) is 4.83. The largest absolute Gasteiger partial charge is 0.310 e. The van der Waals surface area contributed by atoms with Crippen molar-refractivity contribution < 1.29 is 0 Å². The van der Waals surface area contributed by atoms with Crippen molar-refractivity contribution in [1.82, 2.24) is 5.32 Å². The molecule has 0 fully saturated rings. The molecule has 1 nitrogen and oxygen atoms in total. The van der Waals surface area contributed by atoms with Gasteiger partial charge in [-0.3, -0.25) is 0 Å². The Kier molecular flexibility index (Phi) is 6.94. The summed E-state index contributed by atoms with van der Waals surface area (Å²) in [5.74, 6) is 0. The van der Waals surface area contributed by atoms with Crippen molar-refractivity contribution in [2.24, 2.45) is 0 Å². The zero-order valence-electron chi connectivity index (χ0n) is 10.6. The highest BCUT2D eigenvalue weighted by Crippen LogP contribution is 2.29. The summed E-state index contributed by atoms with van der Waals surface area (Å²) in [5.41, 5.74) is 1.12. The van der Waals surface area contributed by atoms with Gasteiger partial charge in [0, 0.05) is 16.1 Å². The maximum Gasteiger partial charge on any atom is 0.0454 e. The Bertz CT molecular complexity index is 339. The minimum atomic E-state index is 0.317. The van der Waals surface area contributed by atoms with Gasteiger partial charge in [0.05, 0.1) is 0 Å². The molecule has 1 rings (SSSR count). The number of rotatable bonds is 7. The first-order valence-electron chi connectivity index (χ1n) is 6.37. The number of halogens is 2. The van der Waals surface area contributed by atoms with E-state index in [0.29, 0.717) is 6.04 Å². The predicted molar refractivity (Wildman–Crippen MR) is 77.0 cm³/mol. The van der Waals surface area contributed by atoms with E-state index in [9.17, 15) is 0 Å². The molecule has 0 amide bonds. The van der Waals surface area contributed by atoms with E-state index < -0.39 is 0 Å². The third-order valence-corrected chi connectivity index (χ3v) is 3.46. The first-order valence-corrected chi connectivity index (χ1v) is 7.13. The van der Waals surface area contributed by atoms with Gasteiger partial charge in [-0.15, -0.1) is 0 Å². The van der Waals surface area contributed by atoms with Gasteiger partial charge in [0.2, 0.25) is 0 Å². The fourth-order valence-electron chi connectivity index (χ4n) is 1.99. The van der Waals surface area contributed by atoms with Gasteiger partial charge in [-0.05, 0) is 36.7 Å². The first-order chi connectivity index (χ1) is 8.19. The van der Waals surface area contributed by atoms with Crippen LogP contribution in [0.2, 0.25) is 10.0 Å². The second-order valence-electron chi connectivity index (χ2n) is 4.27. The zero-order valence-corrected chi connectivity index (χ0v) is 12.1. The van der Waals surface area contributed by atoms with Crippen molar-refractivity contribution in [3.63, 3.8) is 0 Å². The summed E-state index contributed by atoms with van der Waals surface area (Å²) in [5, 5.41) is 5.04. The van der Waals surface area contributed by atoms with Gasteiger partial charge in [-0.1, -0.05) is 56.3 Å². The Hall–Kier alpha value is -0.240. The lowest BCUT2D eigenvalue weighted by Gasteiger charge is -2.19. The minimum absolute atomic E-state index is 0.317. The quantitative estimate of drug-likeness (QED) is 0.672. The Morgan fingerprint density at radius 1 is 1.18 bits per heavy atom. The Morgan fingerprint density at radius 3 is 2.59 bits per heavy atom. The topological polar surface area (TPSA) is 12.0 Å². The molecule has 0 spiro atoms. The highest BCUT2D eigenvalue weighted by molar-refractivity contribution is 6.33. The van der Waals surface area contributed by atoms with Crippen LogP contribution in [0, 0.1) is 0 Å². The van der Waals surface area contributed by atoms with Gasteiger partial charge < -0.3 is 5.32 Å². The molecular weight excluding hydrogens is 253 g/mol. The number of hydrogen-bond acceptors (Lipinski definition) is 1. The van der Waals surface area contributed by atoms with E-state index in [4.69, 9.17) is 23.2 Å². The van der Waals surface area contributed by atoms with Crippen molar-refractivity contribution in [3.05, 3.63) is 33.8 Å². The van der Waals surface area contributed by atoms with E-state index in [2.05, 4.69) is 19.2 Å². The van der Waals surface area contributed by atoms with Crippen LogP contribution in [-0.2, 0) is 0 Å². The highest BCUT2D eigenvalue weighted by atomic mass is 35.5. The van der Waals surface area contributed by atoms with Crippen LogP contribution in [0.5, 0.6) is 0 Å². The van der Waals surface area contributed by atoms with Crippen molar-refractivity contribution in [3.8, 4) is 0 Å². The van der Waals surface area contributed by atoms with Crippen LogP contribution in [0.15, 0.2) is 18.2 Å². The van der Waals surface area contributed by atoms with Gasteiger partial charge in [-0.2, -0.15) is 0 Å². The lowest BCUT2D eigenvalue weighted by Crippen LogP contribution is -2.21. The molecule has 0 aliphatic rings. The summed E-state index contributed by atoms with van der Waals surface area (Å²) in [7, 11) is 0. The number of unbranched alkanes of at least 4 members (excludes halogenated alkanes) is 2. The van der Waals surface area contributed by atoms with E-state index in [1.807, 2.05) is 18.2 Å². The molecule has 0 saturated heterocycles. The Morgan fingerprint density at radius 2 is 1.94 bits per heavy atom. The lowest BCUT2D eigenvalue weighted by molar-refractivity contribution is 0.487. The first kappa shape index (κ1) is 14.8. The monoisotopic (exact) mass is 273 g/mol. The van der Waals surface area contributed by atoms with Crippen LogP contribution in [0.25, 0.3) is 0 Å². The van der Waals surface area contributed by atoms with Gasteiger partial charge in [-0.25, -0.2) is 0 Å². The molecule has 0 aliphatic carbocycles. The van der Waals surface area contributed by atoms with Crippen LogP contribution in [0.3, 0.4) is 0 Å². The van der Waals surface area contributed by atoms with Gasteiger partial charge in [0.25, 0.3) is 0 Å². The summed E-state index contributed by atoms with van der Waals surface area (Å²) >= 11 is 12.3. The van der Waals surface area contributed by atoms with Crippen molar-refractivity contribution >= 4 is 23.2 Å². The predicted octanol–water partition coefficient (Wildman–Crippen LogP) is 5.22. The summed E-state index contributed by atoms with van der Waals surface area (Å²) in [6, 6.07) is 6.01. The SMILES string of the molecule is CCCCCC(NCC)c1cc(Cl)ccc1Cl. The van der Waals surface area contributed by atoms with Crippen LogP contribution < -0.4 is 5.32 Å². The van der Waals surface area contributed by atoms with Crippen molar-refractivity contribution in [2.45, 2.75) is 45.6 Å². The summed E-state index contributed by atoms with van der Waals surface area (Å²) in [4.78, 5) is 0. The Labute approximate surface area is 115 Å². The second-order valence-corrected chi connectivity index (χ2v) is 5.12. The third kappa shape index (κ3) is 4.87. The van der Waals surface area contributed by atoms with Gasteiger partial charge >= 0.3 is 0 Å². The molecule has 1 N–H and O–H groups in total. The molecule has 0 heterocycles. The van der Waals surface area contributed by atoms with Gasteiger partial charge in [0.15, 0.2) is 0 Å². The molecule has 1 aromatic rings.